The van der Waals surface area contributed by atoms with Gasteiger partial charge in [0.2, 0.25) is 11.7 Å². The van der Waals surface area contributed by atoms with Crippen LogP contribution in [-0.2, 0) is 17.2 Å². The van der Waals surface area contributed by atoms with Gasteiger partial charge < -0.3 is 4.52 Å². The van der Waals surface area contributed by atoms with Crippen LogP contribution in [0.2, 0.25) is 0 Å². The molecule has 0 amide bonds. The summed E-state index contributed by atoms with van der Waals surface area (Å²) in [6.45, 7) is 1.90. The zero-order chi connectivity index (χ0) is 15.4. The Morgan fingerprint density at radius 3 is 2.77 bits per heavy atom. The zero-order valence-electron chi connectivity index (χ0n) is 12.1. The molecule has 0 aliphatic heterocycles. The maximum absolute atomic E-state index is 12.1. The van der Waals surface area contributed by atoms with E-state index in [0.717, 1.165) is 17.7 Å². The van der Waals surface area contributed by atoms with Crippen molar-refractivity contribution in [1.29, 1.82) is 0 Å². The van der Waals surface area contributed by atoms with Gasteiger partial charge in [0.15, 0.2) is 4.34 Å². The predicted octanol–water partition coefficient (Wildman–Crippen LogP) is 3.24. The first kappa shape index (κ1) is 15.1. The molecule has 0 spiro atoms. The number of hydrogen-bond acceptors (Lipinski definition) is 6. The summed E-state index contributed by atoms with van der Waals surface area (Å²) in [6, 6.07) is 9.69. The number of nitrogens with zero attached hydrogens (tertiary/aromatic N) is 3. The molecular formula is C15H15N3O2S2. The smallest absolute Gasteiger partial charge is 0.226 e. The van der Waals surface area contributed by atoms with Crippen LogP contribution in [0.4, 0.5) is 0 Å². The Bertz CT molecular complexity index is 768. The Labute approximate surface area is 134 Å². The Hall–Kier alpha value is -1.86. The van der Waals surface area contributed by atoms with Crippen LogP contribution in [0.1, 0.15) is 18.0 Å². The van der Waals surface area contributed by atoms with Crippen LogP contribution in [-0.4, -0.2) is 25.1 Å². The quantitative estimate of drug-likeness (QED) is 0.692. The van der Waals surface area contributed by atoms with E-state index < -0.39 is 10.8 Å². The molecule has 0 aliphatic carbocycles. The lowest BCUT2D eigenvalue weighted by atomic mass is 10.2. The number of aryl methyl sites for hydroxylation is 2. The minimum absolute atomic E-state index is 0.552. The second-order valence-corrected chi connectivity index (χ2v) is 7.39. The van der Waals surface area contributed by atoms with Crippen molar-refractivity contribution in [2.24, 2.45) is 0 Å². The van der Waals surface area contributed by atoms with Crippen molar-refractivity contribution >= 4 is 22.1 Å². The molecule has 0 saturated carbocycles. The Morgan fingerprint density at radius 2 is 2.05 bits per heavy atom. The van der Waals surface area contributed by atoms with Gasteiger partial charge in [-0.2, -0.15) is 4.98 Å². The molecule has 5 nitrogen and oxygen atoms in total. The summed E-state index contributed by atoms with van der Waals surface area (Å²) in [5.41, 5.74) is 1.84. The Morgan fingerprint density at radius 1 is 1.23 bits per heavy atom. The fourth-order valence-corrected chi connectivity index (χ4v) is 4.11. The third-order valence-corrected chi connectivity index (χ3v) is 5.75. The minimum atomic E-state index is -1.05. The van der Waals surface area contributed by atoms with E-state index in [1.807, 2.05) is 42.6 Å². The molecule has 0 aliphatic rings. The maximum atomic E-state index is 12.1. The highest BCUT2D eigenvalue weighted by Gasteiger charge is 2.11. The topological polar surface area (TPSA) is 68.9 Å². The average molecular weight is 333 g/mol. The number of hydrogen-bond donors (Lipinski definition) is 0. The molecule has 0 N–H and O–H groups in total. The molecule has 7 heteroatoms. The van der Waals surface area contributed by atoms with Crippen LogP contribution in [0.3, 0.4) is 0 Å². The highest BCUT2D eigenvalue weighted by atomic mass is 32.2. The predicted molar refractivity (Wildman–Crippen MR) is 86.2 cm³/mol. The van der Waals surface area contributed by atoms with E-state index in [-0.39, 0.29) is 0 Å². The van der Waals surface area contributed by atoms with Crippen molar-refractivity contribution < 1.29 is 8.73 Å². The van der Waals surface area contributed by atoms with Crippen LogP contribution in [0.25, 0.3) is 11.4 Å². The van der Waals surface area contributed by atoms with Crippen molar-refractivity contribution in [3.8, 4) is 11.4 Å². The summed E-state index contributed by atoms with van der Waals surface area (Å²) in [4.78, 5) is 8.61. The monoisotopic (exact) mass is 333 g/mol. The van der Waals surface area contributed by atoms with E-state index in [4.69, 9.17) is 4.52 Å². The van der Waals surface area contributed by atoms with E-state index in [0.29, 0.717) is 28.2 Å². The first-order valence-electron chi connectivity index (χ1n) is 6.91. The third kappa shape index (κ3) is 3.66. The molecule has 0 bridgehead atoms. The van der Waals surface area contributed by atoms with Gasteiger partial charge in [0, 0.05) is 28.8 Å². The van der Waals surface area contributed by atoms with Crippen LogP contribution in [0, 0.1) is 6.92 Å². The van der Waals surface area contributed by atoms with Gasteiger partial charge in [-0.05, 0) is 13.3 Å². The Balaban J connectivity index is 1.54. The van der Waals surface area contributed by atoms with E-state index in [1.165, 1.54) is 11.3 Å². The minimum Gasteiger partial charge on any atom is -0.339 e. The van der Waals surface area contributed by atoms with E-state index in [9.17, 15) is 4.21 Å². The SMILES string of the molecule is Cc1csc([S@](=O)CCCc2nc(-c3ccccc3)no2)n1. The molecular weight excluding hydrogens is 318 g/mol. The molecule has 1 atom stereocenters. The van der Waals surface area contributed by atoms with E-state index in [2.05, 4.69) is 15.1 Å². The summed E-state index contributed by atoms with van der Waals surface area (Å²) in [5.74, 6) is 1.72. The van der Waals surface area contributed by atoms with Crippen molar-refractivity contribution in [2.75, 3.05) is 5.75 Å². The van der Waals surface area contributed by atoms with E-state index >= 15 is 0 Å². The van der Waals surface area contributed by atoms with Crippen LogP contribution >= 0.6 is 11.3 Å². The van der Waals surface area contributed by atoms with Gasteiger partial charge in [-0.1, -0.05) is 35.5 Å². The zero-order valence-corrected chi connectivity index (χ0v) is 13.7. The maximum Gasteiger partial charge on any atom is 0.226 e. The highest BCUT2D eigenvalue weighted by Crippen LogP contribution is 2.17. The molecule has 0 radical (unpaired) electrons. The molecule has 2 heterocycles. The Kier molecular flexibility index (Phi) is 4.74. The molecule has 0 unspecified atom stereocenters. The lowest BCUT2D eigenvalue weighted by Gasteiger charge is -1.96. The average Bonchev–Trinajstić information content (AvgIpc) is 3.17. The van der Waals surface area contributed by atoms with E-state index in [1.54, 1.807) is 0 Å². The van der Waals surface area contributed by atoms with Gasteiger partial charge in [0.25, 0.3) is 0 Å². The number of thiazole rings is 1. The van der Waals surface area contributed by atoms with Crippen molar-refractivity contribution in [3.63, 3.8) is 0 Å². The third-order valence-electron chi connectivity index (χ3n) is 3.01. The van der Waals surface area contributed by atoms with Gasteiger partial charge in [-0.15, -0.1) is 11.3 Å². The summed E-state index contributed by atoms with van der Waals surface area (Å²) in [6.07, 6.45) is 1.34. The normalized spacial score (nSPS) is 12.4. The molecule has 0 saturated heterocycles. The van der Waals surface area contributed by atoms with Gasteiger partial charge in [0.1, 0.15) is 0 Å². The van der Waals surface area contributed by atoms with Crippen LogP contribution < -0.4 is 0 Å². The molecule has 3 aromatic rings. The number of benzene rings is 1. The number of aromatic nitrogens is 3. The molecule has 0 fully saturated rings. The summed E-state index contributed by atoms with van der Waals surface area (Å²) < 4.78 is 18.0. The second kappa shape index (κ2) is 6.93. The van der Waals surface area contributed by atoms with Gasteiger partial charge >= 0.3 is 0 Å². The molecule has 3 rings (SSSR count). The summed E-state index contributed by atoms with van der Waals surface area (Å²) in [5, 5.41) is 5.89. The first-order valence-corrected chi connectivity index (χ1v) is 9.11. The fraction of sp³-hybridized carbons (Fsp3) is 0.267. The molecule has 22 heavy (non-hydrogen) atoms. The van der Waals surface area contributed by atoms with Gasteiger partial charge in [-0.3, -0.25) is 4.21 Å². The summed E-state index contributed by atoms with van der Waals surface area (Å²) >= 11 is 1.44. The van der Waals surface area contributed by atoms with Gasteiger partial charge in [-0.25, -0.2) is 4.98 Å². The van der Waals surface area contributed by atoms with Crippen LogP contribution in [0.15, 0.2) is 44.6 Å². The molecule has 114 valence electrons. The van der Waals surface area contributed by atoms with Crippen molar-refractivity contribution in [1.82, 2.24) is 15.1 Å². The van der Waals surface area contributed by atoms with Crippen LogP contribution in [0.5, 0.6) is 0 Å². The second-order valence-electron chi connectivity index (χ2n) is 4.79. The van der Waals surface area contributed by atoms with Crippen molar-refractivity contribution in [2.45, 2.75) is 24.1 Å². The molecule has 2 aromatic heterocycles. The van der Waals surface area contributed by atoms with Crippen molar-refractivity contribution in [3.05, 3.63) is 47.3 Å². The summed E-state index contributed by atoms with van der Waals surface area (Å²) in [7, 11) is -1.05. The first-order chi connectivity index (χ1) is 10.7. The molecule has 1 aromatic carbocycles. The lowest BCUT2D eigenvalue weighted by molar-refractivity contribution is 0.378. The fourth-order valence-electron chi connectivity index (χ4n) is 1.94. The number of rotatable bonds is 6. The largest absolute Gasteiger partial charge is 0.339 e. The van der Waals surface area contributed by atoms with Gasteiger partial charge in [0.05, 0.1) is 10.8 Å². The standard InChI is InChI=1S/C15H15N3O2S2/c1-11-10-21-15(16-11)22(19)9-5-8-13-17-14(18-20-13)12-6-3-2-4-7-12/h2-4,6-7,10H,5,8-9H2,1H3/t22-/m1/s1. The highest BCUT2D eigenvalue weighted by molar-refractivity contribution is 7.87. The lowest BCUT2D eigenvalue weighted by Crippen LogP contribution is -2.00.